The highest BCUT2D eigenvalue weighted by molar-refractivity contribution is 7.99. The van der Waals surface area contributed by atoms with E-state index in [9.17, 15) is 0 Å². The van der Waals surface area contributed by atoms with Gasteiger partial charge in [0.1, 0.15) is 10.9 Å². The second kappa shape index (κ2) is 11.5. The van der Waals surface area contributed by atoms with Crippen molar-refractivity contribution in [3.05, 3.63) is 51.6 Å². The molecule has 164 valence electrons. The molecule has 0 saturated carbocycles. The van der Waals surface area contributed by atoms with E-state index in [1.54, 1.807) is 17.8 Å². The van der Waals surface area contributed by atoms with Crippen molar-refractivity contribution in [3.63, 3.8) is 0 Å². The fourth-order valence-corrected chi connectivity index (χ4v) is 5.75. The van der Waals surface area contributed by atoms with Crippen LogP contribution in [0.15, 0.2) is 40.0 Å². The highest BCUT2D eigenvalue weighted by Gasteiger charge is 2.20. The van der Waals surface area contributed by atoms with E-state index in [-0.39, 0.29) is 0 Å². The Morgan fingerprint density at radius 1 is 1.10 bits per heavy atom. The van der Waals surface area contributed by atoms with Crippen LogP contribution in [0.25, 0.3) is 0 Å². The Bertz CT molecular complexity index is 856. The highest BCUT2D eigenvalue weighted by atomic mass is 35.5. The molecular weight excluding hydrogens is 435 g/mol. The lowest BCUT2D eigenvalue weighted by Gasteiger charge is -2.14. The van der Waals surface area contributed by atoms with Crippen molar-refractivity contribution >= 4 is 35.0 Å². The van der Waals surface area contributed by atoms with Gasteiger partial charge in [0.05, 0.1) is 18.1 Å². The number of nitrogens with zero attached hydrogens (tertiary/aromatic N) is 2. The Kier molecular flexibility index (Phi) is 9.03. The highest BCUT2D eigenvalue weighted by Crippen LogP contribution is 2.37. The summed E-state index contributed by atoms with van der Waals surface area (Å²) in [5, 5.41) is 2.48. The van der Waals surface area contributed by atoms with Crippen LogP contribution in [-0.4, -0.2) is 16.2 Å². The maximum absolute atomic E-state index is 6.22. The molecule has 0 amide bonds. The summed E-state index contributed by atoms with van der Waals surface area (Å²) in [6.07, 6.45) is 10.5. The first-order valence-corrected chi connectivity index (χ1v) is 12.6. The third-order valence-corrected chi connectivity index (χ3v) is 6.83. The van der Waals surface area contributed by atoms with Gasteiger partial charge in [-0.2, -0.15) is 0 Å². The van der Waals surface area contributed by atoms with E-state index in [4.69, 9.17) is 32.9 Å². The molecule has 0 fully saturated rings. The van der Waals surface area contributed by atoms with Gasteiger partial charge in [-0.25, -0.2) is 4.98 Å². The lowest BCUT2D eigenvalue weighted by atomic mass is 10.1. The standard InChI is InChI=1S/C24H32Cl2N2OS/c1-4-28-22(12-13-29-20-10-8-6-5-7-9-11-20)27-23(17(2)3)24(28)30-21-15-18(25)14-19(26)16-21/h10,14-17H,4-9,11-13H2,1-3H3/b20-10+. The number of aromatic nitrogens is 2. The van der Waals surface area contributed by atoms with Gasteiger partial charge < -0.3 is 9.30 Å². The minimum Gasteiger partial charge on any atom is -0.498 e. The van der Waals surface area contributed by atoms with Crippen LogP contribution < -0.4 is 0 Å². The largest absolute Gasteiger partial charge is 0.498 e. The van der Waals surface area contributed by atoms with Crippen molar-refractivity contribution in [2.24, 2.45) is 0 Å². The molecule has 0 aliphatic heterocycles. The van der Waals surface area contributed by atoms with Crippen molar-refractivity contribution in [3.8, 4) is 0 Å². The Balaban J connectivity index is 1.77. The molecule has 6 heteroatoms. The van der Waals surface area contributed by atoms with Crippen LogP contribution in [0.3, 0.4) is 0 Å². The van der Waals surface area contributed by atoms with Crippen molar-refractivity contribution in [1.82, 2.24) is 9.55 Å². The van der Waals surface area contributed by atoms with Crippen LogP contribution in [0.4, 0.5) is 0 Å². The van der Waals surface area contributed by atoms with E-state index in [0.717, 1.165) is 48.0 Å². The molecular formula is C24H32Cl2N2OS. The summed E-state index contributed by atoms with van der Waals surface area (Å²) < 4.78 is 8.46. The molecule has 1 aromatic carbocycles. The number of imidazole rings is 1. The van der Waals surface area contributed by atoms with Crippen molar-refractivity contribution in [2.45, 2.75) is 88.1 Å². The molecule has 2 aromatic rings. The molecule has 3 nitrogen and oxygen atoms in total. The third-order valence-electron chi connectivity index (χ3n) is 5.30. The second-order valence-corrected chi connectivity index (χ2v) is 9.98. The zero-order valence-corrected chi connectivity index (χ0v) is 20.5. The summed E-state index contributed by atoms with van der Waals surface area (Å²) in [5.41, 5.74) is 1.12. The first kappa shape index (κ1) is 23.6. The summed E-state index contributed by atoms with van der Waals surface area (Å²) in [4.78, 5) is 6.05. The molecule has 1 heterocycles. The summed E-state index contributed by atoms with van der Waals surface area (Å²) in [7, 11) is 0. The number of hydrogen-bond donors (Lipinski definition) is 0. The van der Waals surface area contributed by atoms with Crippen LogP contribution in [0.5, 0.6) is 0 Å². The zero-order valence-electron chi connectivity index (χ0n) is 18.2. The van der Waals surface area contributed by atoms with Crippen LogP contribution in [0.1, 0.15) is 76.7 Å². The van der Waals surface area contributed by atoms with Crippen molar-refractivity contribution < 1.29 is 4.74 Å². The maximum atomic E-state index is 6.22. The summed E-state index contributed by atoms with van der Waals surface area (Å²) >= 11 is 14.1. The molecule has 0 N–H and O–H groups in total. The van der Waals surface area contributed by atoms with Crippen LogP contribution >= 0.6 is 35.0 Å². The quantitative estimate of drug-likeness (QED) is 0.391. The van der Waals surface area contributed by atoms with Gasteiger partial charge in [0.25, 0.3) is 0 Å². The molecule has 0 unspecified atom stereocenters. The first-order chi connectivity index (χ1) is 14.5. The van der Waals surface area contributed by atoms with E-state index < -0.39 is 0 Å². The minimum atomic E-state index is 0.336. The monoisotopic (exact) mass is 466 g/mol. The predicted molar refractivity (Wildman–Crippen MR) is 128 cm³/mol. The molecule has 30 heavy (non-hydrogen) atoms. The van der Waals surface area contributed by atoms with Crippen molar-refractivity contribution in [2.75, 3.05) is 6.61 Å². The lowest BCUT2D eigenvalue weighted by Crippen LogP contribution is -2.08. The van der Waals surface area contributed by atoms with E-state index in [1.165, 1.54) is 30.7 Å². The van der Waals surface area contributed by atoms with Crippen LogP contribution in [-0.2, 0) is 17.7 Å². The number of hydrogen-bond acceptors (Lipinski definition) is 3. The third kappa shape index (κ3) is 6.45. The topological polar surface area (TPSA) is 27.1 Å². The smallest absolute Gasteiger partial charge is 0.113 e. The molecule has 0 saturated heterocycles. The summed E-state index contributed by atoms with van der Waals surface area (Å²) in [5.74, 6) is 2.59. The second-order valence-electron chi connectivity index (χ2n) is 8.05. The van der Waals surface area contributed by atoms with Gasteiger partial charge in [0, 0.05) is 34.3 Å². The number of ether oxygens (including phenoxy) is 1. The molecule has 1 aliphatic carbocycles. The Hall–Kier alpha value is -1.10. The van der Waals surface area contributed by atoms with Gasteiger partial charge in [-0.3, -0.25) is 0 Å². The van der Waals surface area contributed by atoms with Gasteiger partial charge in [-0.1, -0.05) is 61.7 Å². The molecule has 0 radical (unpaired) electrons. The fraction of sp³-hybridized carbons (Fsp3) is 0.542. The van der Waals surface area contributed by atoms with Gasteiger partial charge >= 0.3 is 0 Å². The Morgan fingerprint density at radius 3 is 2.53 bits per heavy atom. The average Bonchev–Trinajstić information content (AvgIpc) is 3.00. The molecule has 0 bridgehead atoms. The summed E-state index contributed by atoms with van der Waals surface area (Å²) in [6.45, 7) is 8.10. The molecule has 0 spiro atoms. The van der Waals surface area contributed by atoms with Gasteiger partial charge in [0.2, 0.25) is 0 Å². The molecule has 1 aromatic heterocycles. The number of rotatable bonds is 8. The van der Waals surface area contributed by atoms with Gasteiger partial charge in [-0.15, -0.1) is 0 Å². The summed E-state index contributed by atoms with van der Waals surface area (Å²) in [6, 6.07) is 5.68. The SMILES string of the molecule is CCn1c(CCO/C2=C/CCCCCC2)nc(C(C)C)c1Sc1cc(Cl)cc(Cl)c1. The fourth-order valence-electron chi connectivity index (χ4n) is 3.77. The molecule has 1 aliphatic rings. The average molecular weight is 468 g/mol. The van der Waals surface area contributed by atoms with Crippen LogP contribution in [0.2, 0.25) is 10.0 Å². The predicted octanol–water partition coefficient (Wildman–Crippen LogP) is 8.28. The normalized spacial score (nSPS) is 16.8. The van der Waals surface area contributed by atoms with Crippen LogP contribution in [0, 0.1) is 0 Å². The number of allylic oxidation sites excluding steroid dienone is 2. The maximum Gasteiger partial charge on any atom is 0.113 e. The lowest BCUT2D eigenvalue weighted by molar-refractivity contribution is 0.198. The van der Waals surface area contributed by atoms with E-state index in [1.807, 2.05) is 12.1 Å². The number of halogens is 2. The molecule has 3 rings (SSSR count). The minimum absolute atomic E-state index is 0.336. The van der Waals surface area contributed by atoms with E-state index in [0.29, 0.717) is 22.6 Å². The Morgan fingerprint density at radius 2 is 1.83 bits per heavy atom. The zero-order chi connectivity index (χ0) is 21.5. The Labute approximate surface area is 195 Å². The van der Waals surface area contributed by atoms with Crippen molar-refractivity contribution in [1.29, 1.82) is 0 Å². The van der Waals surface area contributed by atoms with E-state index >= 15 is 0 Å². The van der Waals surface area contributed by atoms with Gasteiger partial charge in [-0.05, 0) is 56.4 Å². The number of benzene rings is 1. The van der Waals surface area contributed by atoms with E-state index in [2.05, 4.69) is 31.4 Å². The van der Waals surface area contributed by atoms with Gasteiger partial charge in [0.15, 0.2) is 0 Å². The first-order valence-electron chi connectivity index (χ1n) is 11.0. The molecule has 0 atom stereocenters.